The molecule has 0 spiro atoms. The van der Waals surface area contributed by atoms with E-state index in [2.05, 4.69) is 10.3 Å². The first kappa shape index (κ1) is 13.6. The number of rotatable bonds is 3. The number of primary amides is 1. The molecule has 2 heterocycles. The first-order valence-corrected chi connectivity index (χ1v) is 7.72. The van der Waals surface area contributed by atoms with Gasteiger partial charge in [-0.2, -0.15) is 0 Å². The summed E-state index contributed by atoms with van der Waals surface area (Å²) < 4.78 is 22.6. The quantitative estimate of drug-likeness (QED) is 0.702. The van der Waals surface area contributed by atoms with E-state index in [9.17, 15) is 13.2 Å². The summed E-state index contributed by atoms with van der Waals surface area (Å²) in [5.74, 6) is 0.200. The fourth-order valence-corrected chi connectivity index (χ4v) is 3.49. The molecule has 0 aliphatic carbocycles. The van der Waals surface area contributed by atoms with Crippen LogP contribution >= 0.6 is 0 Å². The molecule has 0 aromatic carbocycles. The summed E-state index contributed by atoms with van der Waals surface area (Å²) in [6.45, 7) is 0. The zero-order valence-electron chi connectivity index (χ0n) is 10.3. The Hall–Kier alpha value is -1.83. The second-order valence-corrected chi connectivity index (χ2v) is 6.90. The number of carbonyl (C=O) groups is 1. The van der Waals surface area contributed by atoms with Crippen molar-refractivity contribution in [1.82, 2.24) is 4.98 Å². The minimum Gasteiger partial charge on any atom is -0.397 e. The number of amides is 1. The SMILES string of the molecule is NC(=O)c1cc(NC2CCS(=O)(=O)CC2)ncc1N. The van der Waals surface area contributed by atoms with Gasteiger partial charge in [-0.15, -0.1) is 0 Å². The lowest BCUT2D eigenvalue weighted by atomic mass is 10.1. The molecule has 0 saturated carbocycles. The number of nitrogens with one attached hydrogen (secondary N) is 1. The van der Waals surface area contributed by atoms with E-state index < -0.39 is 15.7 Å². The van der Waals surface area contributed by atoms with Crippen LogP contribution in [0.4, 0.5) is 11.5 Å². The number of hydrogen-bond acceptors (Lipinski definition) is 6. The summed E-state index contributed by atoms with van der Waals surface area (Å²) in [6, 6.07) is 1.52. The maximum atomic E-state index is 11.3. The monoisotopic (exact) mass is 284 g/mol. The highest BCUT2D eigenvalue weighted by Crippen LogP contribution is 2.19. The van der Waals surface area contributed by atoms with Gasteiger partial charge >= 0.3 is 0 Å². The first-order valence-electron chi connectivity index (χ1n) is 5.90. The maximum absolute atomic E-state index is 11.3. The Labute approximate surface area is 111 Å². The second kappa shape index (κ2) is 5.04. The van der Waals surface area contributed by atoms with E-state index in [1.165, 1.54) is 12.3 Å². The number of carbonyl (C=O) groups excluding carboxylic acids is 1. The van der Waals surface area contributed by atoms with Crippen molar-refractivity contribution < 1.29 is 13.2 Å². The van der Waals surface area contributed by atoms with Crippen LogP contribution in [0.1, 0.15) is 23.2 Å². The molecule has 1 aliphatic rings. The molecule has 0 unspecified atom stereocenters. The first-order chi connectivity index (χ1) is 8.87. The highest BCUT2D eigenvalue weighted by Gasteiger charge is 2.23. The number of nitrogens with zero attached hydrogens (tertiary/aromatic N) is 1. The molecule has 104 valence electrons. The number of hydrogen-bond donors (Lipinski definition) is 3. The predicted octanol–water partition coefficient (Wildman–Crippen LogP) is -0.248. The van der Waals surface area contributed by atoms with Crippen molar-refractivity contribution >= 4 is 27.2 Å². The number of pyridine rings is 1. The lowest BCUT2D eigenvalue weighted by Gasteiger charge is -2.23. The summed E-state index contributed by atoms with van der Waals surface area (Å²) in [7, 11) is -2.89. The van der Waals surface area contributed by atoms with E-state index >= 15 is 0 Å². The number of aromatic nitrogens is 1. The van der Waals surface area contributed by atoms with E-state index in [4.69, 9.17) is 11.5 Å². The molecule has 1 aliphatic heterocycles. The third-order valence-electron chi connectivity index (χ3n) is 3.11. The predicted molar refractivity (Wildman–Crippen MR) is 72.5 cm³/mol. The van der Waals surface area contributed by atoms with Crippen LogP contribution in [0.2, 0.25) is 0 Å². The van der Waals surface area contributed by atoms with Gasteiger partial charge in [-0.05, 0) is 18.9 Å². The van der Waals surface area contributed by atoms with E-state index in [0.29, 0.717) is 18.7 Å². The normalized spacial score (nSPS) is 18.9. The zero-order valence-corrected chi connectivity index (χ0v) is 11.1. The van der Waals surface area contributed by atoms with Crippen molar-refractivity contribution in [2.75, 3.05) is 22.6 Å². The summed E-state index contributed by atoms with van der Waals surface area (Å²) in [6.07, 6.45) is 2.42. The molecule has 8 heteroatoms. The lowest BCUT2D eigenvalue weighted by Crippen LogP contribution is -2.32. The average Bonchev–Trinajstić information content (AvgIpc) is 2.34. The van der Waals surface area contributed by atoms with Crippen molar-refractivity contribution in [2.45, 2.75) is 18.9 Å². The Bertz CT molecular complexity index is 586. The molecule has 0 atom stereocenters. The molecule has 1 aromatic heterocycles. The van der Waals surface area contributed by atoms with Gasteiger partial charge in [-0.25, -0.2) is 13.4 Å². The van der Waals surface area contributed by atoms with Crippen molar-refractivity contribution in [2.24, 2.45) is 5.73 Å². The molecule has 1 amide bonds. The smallest absolute Gasteiger partial charge is 0.250 e. The van der Waals surface area contributed by atoms with Gasteiger partial charge in [0.05, 0.1) is 29.0 Å². The van der Waals surface area contributed by atoms with E-state index in [0.717, 1.165) is 0 Å². The molecular formula is C11H16N4O3S. The van der Waals surface area contributed by atoms with Crippen LogP contribution in [0, 0.1) is 0 Å². The molecule has 5 N–H and O–H groups in total. The van der Waals surface area contributed by atoms with Crippen molar-refractivity contribution in [3.63, 3.8) is 0 Å². The van der Waals surface area contributed by atoms with E-state index in [1.807, 2.05) is 0 Å². The summed E-state index contributed by atoms with van der Waals surface area (Å²) in [5, 5.41) is 3.10. The molecule has 0 bridgehead atoms. The Morgan fingerprint density at radius 2 is 2.00 bits per heavy atom. The number of nitrogens with two attached hydrogens (primary N) is 2. The van der Waals surface area contributed by atoms with Gasteiger partial charge in [0.25, 0.3) is 5.91 Å². The Morgan fingerprint density at radius 1 is 1.37 bits per heavy atom. The van der Waals surface area contributed by atoms with Crippen LogP contribution in [0.25, 0.3) is 0 Å². The minimum absolute atomic E-state index is 0.0281. The number of sulfone groups is 1. The van der Waals surface area contributed by atoms with Gasteiger partial charge < -0.3 is 16.8 Å². The summed E-state index contributed by atoms with van der Waals surface area (Å²) in [4.78, 5) is 15.2. The Kier molecular flexibility index (Phi) is 3.61. The minimum atomic E-state index is -2.89. The summed E-state index contributed by atoms with van der Waals surface area (Å²) in [5.41, 5.74) is 11.2. The highest BCUT2D eigenvalue weighted by atomic mass is 32.2. The van der Waals surface area contributed by atoms with Gasteiger partial charge in [-0.3, -0.25) is 4.79 Å². The number of nitrogen functional groups attached to an aromatic ring is 1. The molecule has 2 rings (SSSR count). The number of anilines is 2. The molecular weight excluding hydrogens is 268 g/mol. The summed E-state index contributed by atoms with van der Waals surface area (Å²) >= 11 is 0. The van der Waals surface area contributed by atoms with Crippen LogP contribution in [-0.4, -0.2) is 36.9 Å². The third-order valence-corrected chi connectivity index (χ3v) is 4.82. The van der Waals surface area contributed by atoms with Gasteiger partial charge in [0, 0.05) is 6.04 Å². The highest BCUT2D eigenvalue weighted by molar-refractivity contribution is 7.91. The third kappa shape index (κ3) is 3.34. The van der Waals surface area contributed by atoms with Gasteiger partial charge in [0.1, 0.15) is 15.7 Å². The maximum Gasteiger partial charge on any atom is 0.250 e. The van der Waals surface area contributed by atoms with Crippen molar-refractivity contribution in [3.8, 4) is 0 Å². The largest absolute Gasteiger partial charge is 0.397 e. The standard InChI is InChI=1S/C11H16N4O3S/c12-9-6-14-10(5-8(9)11(13)16)15-7-1-3-19(17,18)4-2-7/h5-7H,1-4,12H2,(H2,13,16)(H,14,15). The molecule has 7 nitrogen and oxygen atoms in total. The van der Waals surface area contributed by atoms with Gasteiger partial charge in [0.15, 0.2) is 0 Å². The van der Waals surface area contributed by atoms with E-state index in [1.54, 1.807) is 0 Å². The molecule has 1 saturated heterocycles. The molecule has 19 heavy (non-hydrogen) atoms. The van der Waals surface area contributed by atoms with Crippen LogP contribution in [0.3, 0.4) is 0 Å². The van der Waals surface area contributed by atoms with Crippen LogP contribution < -0.4 is 16.8 Å². The van der Waals surface area contributed by atoms with Gasteiger partial charge in [0.2, 0.25) is 0 Å². The van der Waals surface area contributed by atoms with E-state index in [-0.39, 0.29) is 28.8 Å². The van der Waals surface area contributed by atoms with Crippen molar-refractivity contribution in [3.05, 3.63) is 17.8 Å². The van der Waals surface area contributed by atoms with Crippen LogP contribution in [0.15, 0.2) is 12.3 Å². The average molecular weight is 284 g/mol. The Morgan fingerprint density at radius 3 is 2.58 bits per heavy atom. The fourth-order valence-electron chi connectivity index (χ4n) is 2.00. The zero-order chi connectivity index (χ0) is 14.0. The Balaban J connectivity index is 2.08. The van der Waals surface area contributed by atoms with Crippen LogP contribution in [-0.2, 0) is 9.84 Å². The van der Waals surface area contributed by atoms with Crippen LogP contribution in [0.5, 0.6) is 0 Å². The molecule has 1 aromatic rings. The molecule has 0 radical (unpaired) electrons. The lowest BCUT2D eigenvalue weighted by molar-refractivity contribution is 0.100. The second-order valence-electron chi connectivity index (χ2n) is 4.59. The molecule has 1 fully saturated rings. The van der Waals surface area contributed by atoms with Gasteiger partial charge in [-0.1, -0.05) is 0 Å². The topological polar surface area (TPSA) is 128 Å². The fraction of sp³-hybridized carbons (Fsp3) is 0.455. The van der Waals surface area contributed by atoms with Crippen molar-refractivity contribution in [1.29, 1.82) is 0 Å².